The number of ether oxygens (including phenoxy) is 1. The van der Waals surface area contributed by atoms with Crippen LogP contribution in [-0.4, -0.2) is 6.29 Å². The third-order valence-corrected chi connectivity index (χ3v) is 2.97. The highest BCUT2D eigenvalue weighted by molar-refractivity contribution is 5.99. The van der Waals surface area contributed by atoms with E-state index in [9.17, 15) is 4.79 Å². The molecule has 0 heterocycles. The van der Waals surface area contributed by atoms with Gasteiger partial charge in [-0.15, -0.1) is 0 Å². The summed E-state index contributed by atoms with van der Waals surface area (Å²) >= 11 is 0. The first kappa shape index (κ1) is 11.5. The van der Waals surface area contributed by atoms with Gasteiger partial charge in [-0.05, 0) is 35.0 Å². The van der Waals surface area contributed by atoms with E-state index in [-0.39, 0.29) is 0 Å². The third kappa shape index (κ3) is 2.33. The Morgan fingerprint density at radius 2 is 1.53 bits per heavy atom. The van der Waals surface area contributed by atoms with E-state index in [1.54, 1.807) is 6.07 Å². The first-order chi connectivity index (χ1) is 9.36. The van der Waals surface area contributed by atoms with Gasteiger partial charge in [0, 0.05) is 5.56 Å². The van der Waals surface area contributed by atoms with Crippen molar-refractivity contribution in [1.82, 2.24) is 0 Å². The Balaban J connectivity index is 2.07. The number of benzene rings is 3. The molecule has 0 bridgehead atoms. The molecule has 0 saturated heterocycles. The van der Waals surface area contributed by atoms with Gasteiger partial charge in [-0.1, -0.05) is 42.5 Å². The largest absolute Gasteiger partial charge is 0.457 e. The summed E-state index contributed by atoms with van der Waals surface area (Å²) in [5, 5.41) is 1.94. The Morgan fingerprint density at radius 3 is 2.32 bits per heavy atom. The molecule has 0 amide bonds. The van der Waals surface area contributed by atoms with E-state index in [0.717, 1.165) is 22.8 Å². The van der Waals surface area contributed by atoms with Crippen molar-refractivity contribution in [1.29, 1.82) is 0 Å². The molecule has 0 N–H and O–H groups in total. The van der Waals surface area contributed by atoms with Gasteiger partial charge in [0.25, 0.3) is 0 Å². The predicted molar refractivity (Wildman–Crippen MR) is 75.9 cm³/mol. The van der Waals surface area contributed by atoms with Gasteiger partial charge in [0.05, 0.1) is 0 Å². The van der Waals surface area contributed by atoms with Crippen LogP contribution in [-0.2, 0) is 0 Å². The molecule has 0 aromatic heterocycles. The van der Waals surface area contributed by atoms with Crippen LogP contribution in [0.15, 0.2) is 66.7 Å². The van der Waals surface area contributed by atoms with Crippen molar-refractivity contribution < 1.29 is 9.53 Å². The van der Waals surface area contributed by atoms with Gasteiger partial charge in [-0.2, -0.15) is 0 Å². The maximum absolute atomic E-state index is 11.2. The summed E-state index contributed by atoms with van der Waals surface area (Å²) in [6.07, 6.45) is 0.861. The topological polar surface area (TPSA) is 26.3 Å². The number of hydrogen-bond donors (Lipinski definition) is 0. The highest BCUT2D eigenvalue weighted by Crippen LogP contribution is 2.27. The predicted octanol–water partition coefficient (Wildman–Crippen LogP) is 4.44. The molecule has 0 radical (unpaired) electrons. The van der Waals surface area contributed by atoms with Crippen molar-refractivity contribution >= 4 is 17.1 Å². The summed E-state index contributed by atoms with van der Waals surface area (Å²) in [5.74, 6) is 1.43. The SMILES string of the molecule is O=Cc1cc(Oc2ccccc2)cc2ccccc12. The quantitative estimate of drug-likeness (QED) is 0.640. The molecule has 3 aromatic rings. The molecule has 0 atom stereocenters. The highest BCUT2D eigenvalue weighted by Gasteiger charge is 2.04. The molecule has 0 aliphatic rings. The van der Waals surface area contributed by atoms with Crippen molar-refractivity contribution in [2.75, 3.05) is 0 Å². The van der Waals surface area contributed by atoms with Crippen LogP contribution < -0.4 is 4.74 Å². The summed E-state index contributed by atoms with van der Waals surface area (Å²) in [4.78, 5) is 11.2. The summed E-state index contributed by atoms with van der Waals surface area (Å²) in [6, 6.07) is 21.0. The lowest BCUT2D eigenvalue weighted by Crippen LogP contribution is -1.88. The fourth-order valence-corrected chi connectivity index (χ4v) is 2.09. The van der Waals surface area contributed by atoms with E-state index in [1.807, 2.05) is 60.7 Å². The molecule has 3 aromatic carbocycles. The lowest BCUT2D eigenvalue weighted by molar-refractivity contribution is 0.112. The molecule has 92 valence electrons. The second kappa shape index (κ2) is 4.94. The second-order valence-electron chi connectivity index (χ2n) is 4.27. The average molecular weight is 248 g/mol. The number of para-hydroxylation sites is 1. The van der Waals surface area contributed by atoms with Gasteiger partial charge in [-0.3, -0.25) is 4.79 Å². The average Bonchev–Trinajstić information content (AvgIpc) is 2.47. The minimum atomic E-state index is 0.643. The Morgan fingerprint density at radius 1 is 0.789 bits per heavy atom. The molecular formula is C17H12O2. The van der Waals surface area contributed by atoms with E-state index in [1.165, 1.54) is 0 Å². The van der Waals surface area contributed by atoms with Gasteiger partial charge >= 0.3 is 0 Å². The zero-order chi connectivity index (χ0) is 13.1. The fourth-order valence-electron chi connectivity index (χ4n) is 2.09. The number of hydrogen-bond acceptors (Lipinski definition) is 2. The number of rotatable bonds is 3. The molecule has 0 aliphatic heterocycles. The van der Waals surface area contributed by atoms with Gasteiger partial charge in [0.1, 0.15) is 11.5 Å². The molecule has 3 rings (SSSR count). The van der Waals surface area contributed by atoms with E-state index in [4.69, 9.17) is 4.74 Å². The smallest absolute Gasteiger partial charge is 0.150 e. The van der Waals surface area contributed by atoms with Crippen LogP contribution in [0.2, 0.25) is 0 Å². The molecule has 0 aliphatic carbocycles. The lowest BCUT2D eigenvalue weighted by atomic mass is 10.1. The van der Waals surface area contributed by atoms with Crippen LogP contribution in [0.5, 0.6) is 11.5 Å². The zero-order valence-electron chi connectivity index (χ0n) is 10.2. The highest BCUT2D eigenvalue weighted by atomic mass is 16.5. The van der Waals surface area contributed by atoms with Crippen molar-refractivity contribution in [2.24, 2.45) is 0 Å². The molecule has 0 saturated carbocycles. The van der Waals surface area contributed by atoms with Crippen molar-refractivity contribution in [2.45, 2.75) is 0 Å². The number of carbonyl (C=O) groups excluding carboxylic acids is 1. The fraction of sp³-hybridized carbons (Fsp3) is 0. The van der Waals surface area contributed by atoms with Gasteiger partial charge in [0.15, 0.2) is 6.29 Å². The maximum atomic E-state index is 11.2. The monoisotopic (exact) mass is 248 g/mol. The van der Waals surface area contributed by atoms with Crippen LogP contribution in [0.1, 0.15) is 10.4 Å². The van der Waals surface area contributed by atoms with Crippen LogP contribution in [0.4, 0.5) is 0 Å². The first-order valence-corrected chi connectivity index (χ1v) is 6.08. The molecule has 0 spiro atoms. The normalized spacial score (nSPS) is 10.3. The minimum absolute atomic E-state index is 0.643. The minimum Gasteiger partial charge on any atom is -0.457 e. The Bertz CT molecular complexity index is 718. The zero-order valence-corrected chi connectivity index (χ0v) is 10.2. The maximum Gasteiger partial charge on any atom is 0.150 e. The lowest BCUT2D eigenvalue weighted by Gasteiger charge is -2.08. The molecule has 2 heteroatoms. The summed E-state index contributed by atoms with van der Waals surface area (Å²) in [5.41, 5.74) is 0.643. The van der Waals surface area contributed by atoms with E-state index < -0.39 is 0 Å². The van der Waals surface area contributed by atoms with E-state index in [0.29, 0.717) is 11.3 Å². The molecule has 2 nitrogen and oxygen atoms in total. The molecule has 19 heavy (non-hydrogen) atoms. The van der Waals surface area contributed by atoms with Crippen LogP contribution in [0.25, 0.3) is 10.8 Å². The molecule has 0 unspecified atom stereocenters. The second-order valence-corrected chi connectivity index (χ2v) is 4.27. The van der Waals surface area contributed by atoms with Crippen LogP contribution in [0.3, 0.4) is 0 Å². The Labute approximate surface area is 111 Å². The molecular weight excluding hydrogens is 236 g/mol. The number of fused-ring (bicyclic) bond motifs is 1. The third-order valence-electron chi connectivity index (χ3n) is 2.97. The number of aldehydes is 1. The van der Waals surface area contributed by atoms with Gasteiger partial charge in [0.2, 0.25) is 0 Å². The standard InChI is InChI=1S/C17H12O2/c18-12-14-11-16(19-15-7-2-1-3-8-15)10-13-6-4-5-9-17(13)14/h1-12H. The van der Waals surface area contributed by atoms with E-state index in [2.05, 4.69) is 0 Å². The van der Waals surface area contributed by atoms with Crippen molar-refractivity contribution in [3.05, 3.63) is 72.3 Å². The van der Waals surface area contributed by atoms with Crippen molar-refractivity contribution in [3.8, 4) is 11.5 Å². The number of carbonyl (C=O) groups is 1. The summed E-state index contributed by atoms with van der Waals surface area (Å²) < 4.78 is 5.77. The van der Waals surface area contributed by atoms with E-state index >= 15 is 0 Å². The Kier molecular flexibility index (Phi) is 2.99. The van der Waals surface area contributed by atoms with Crippen molar-refractivity contribution in [3.63, 3.8) is 0 Å². The molecule has 0 fully saturated rings. The van der Waals surface area contributed by atoms with Crippen LogP contribution in [0, 0.1) is 0 Å². The Hall–Kier alpha value is -2.61. The summed E-state index contributed by atoms with van der Waals surface area (Å²) in [6.45, 7) is 0. The van der Waals surface area contributed by atoms with Crippen LogP contribution >= 0.6 is 0 Å². The van der Waals surface area contributed by atoms with Gasteiger partial charge in [-0.25, -0.2) is 0 Å². The summed E-state index contributed by atoms with van der Waals surface area (Å²) in [7, 11) is 0. The van der Waals surface area contributed by atoms with Gasteiger partial charge < -0.3 is 4.74 Å². The first-order valence-electron chi connectivity index (χ1n) is 6.08.